The predicted molar refractivity (Wildman–Crippen MR) is 189 cm³/mol. The van der Waals surface area contributed by atoms with E-state index in [-0.39, 0.29) is 39.3 Å². The number of unbranched alkanes of at least 4 members (excludes halogenated alkanes) is 1. The summed E-state index contributed by atoms with van der Waals surface area (Å²) >= 11 is 0. The molecule has 21 heteroatoms. The van der Waals surface area contributed by atoms with Gasteiger partial charge in [0.05, 0.1) is 6.04 Å². The van der Waals surface area contributed by atoms with Gasteiger partial charge in [0.2, 0.25) is 11.8 Å². The minimum Gasteiger partial charge on any atom is -0.463 e. The van der Waals surface area contributed by atoms with Gasteiger partial charge >= 0.3 is 31.9 Å². The maximum Gasteiger partial charge on any atom is 0.508 e. The Morgan fingerprint density at radius 2 is 1.50 bits per heavy atom. The predicted octanol–water partition coefficient (Wildman–Crippen LogP) is 1.83. The number of hydrogen-bond donors (Lipinski definition) is 3. The monoisotopic (exact) mass is 818 g/mol. The molecule has 1 aliphatic carbocycles. The van der Waals surface area contributed by atoms with E-state index in [1.165, 1.54) is 21.0 Å². The van der Waals surface area contributed by atoms with Crippen LogP contribution in [0.15, 0.2) is 30.3 Å². The van der Waals surface area contributed by atoms with Crippen LogP contribution in [0.4, 0.5) is 4.79 Å². The molecule has 1 aromatic carbocycles. The molecular formula is C35H51N2O18P. The third kappa shape index (κ3) is 15.1. The number of amides is 2. The lowest BCUT2D eigenvalue weighted by Crippen LogP contribution is -2.66. The van der Waals surface area contributed by atoms with Crippen molar-refractivity contribution < 1.29 is 85.2 Å². The third-order valence-corrected chi connectivity index (χ3v) is 9.58. The SMILES string of the molecule is CO[C@H]1C(OP(=O)(O)OC)[C@@H](COC(=O)OCc2ccccc2)C[C@H]1NC(=O)CCCCO[C@@H]1O[C@H](COC(C)=O)[C@H](OC(C)=O)[C@H](OC(C)=O)[C@H]1NC(C)=O. The smallest absolute Gasteiger partial charge is 0.463 e. The van der Waals surface area contributed by atoms with E-state index in [1.54, 1.807) is 24.3 Å². The van der Waals surface area contributed by atoms with Crippen molar-refractivity contribution in [2.75, 3.05) is 34.0 Å². The average Bonchev–Trinajstić information content (AvgIpc) is 3.44. The number of benzene rings is 1. The molecule has 2 amide bonds. The second kappa shape index (κ2) is 22.5. The fourth-order valence-corrected chi connectivity index (χ4v) is 6.96. The van der Waals surface area contributed by atoms with Crippen LogP contribution in [0.1, 0.15) is 58.9 Å². The molecule has 2 unspecified atom stereocenters. The average molecular weight is 819 g/mol. The molecule has 1 aromatic rings. The van der Waals surface area contributed by atoms with Crippen molar-refractivity contribution in [2.24, 2.45) is 5.92 Å². The molecule has 20 nitrogen and oxygen atoms in total. The molecule has 1 heterocycles. The summed E-state index contributed by atoms with van der Waals surface area (Å²) in [5.41, 5.74) is 0.741. The number of hydrogen-bond acceptors (Lipinski definition) is 17. The molecule has 2 fully saturated rings. The van der Waals surface area contributed by atoms with Gasteiger partial charge in [-0.2, -0.15) is 0 Å². The van der Waals surface area contributed by atoms with Gasteiger partial charge < -0.3 is 53.4 Å². The van der Waals surface area contributed by atoms with Crippen molar-refractivity contribution in [3.8, 4) is 0 Å². The summed E-state index contributed by atoms with van der Waals surface area (Å²) < 4.78 is 66.2. The van der Waals surface area contributed by atoms with Crippen molar-refractivity contribution in [2.45, 2.75) is 109 Å². The largest absolute Gasteiger partial charge is 0.508 e. The number of carbonyl (C=O) groups excluding carboxylic acids is 6. The maximum absolute atomic E-state index is 13.1. The van der Waals surface area contributed by atoms with E-state index in [1.807, 2.05) is 6.07 Å². The Labute approximate surface area is 324 Å². The van der Waals surface area contributed by atoms with E-state index in [4.69, 9.17) is 42.4 Å². The van der Waals surface area contributed by atoms with Gasteiger partial charge in [-0.1, -0.05) is 30.3 Å². The zero-order valence-corrected chi connectivity index (χ0v) is 33.0. The summed E-state index contributed by atoms with van der Waals surface area (Å²) in [5.74, 6) is -3.78. The first-order chi connectivity index (χ1) is 26.5. The second-order valence-electron chi connectivity index (χ2n) is 13.0. The third-order valence-electron chi connectivity index (χ3n) is 8.61. The quantitative estimate of drug-likeness (QED) is 0.0734. The van der Waals surface area contributed by atoms with E-state index in [9.17, 15) is 38.2 Å². The molecular weight excluding hydrogens is 767 g/mol. The molecule has 2 aliphatic rings. The van der Waals surface area contributed by atoms with Crippen LogP contribution in [0.5, 0.6) is 0 Å². The number of ether oxygens (including phenoxy) is 8. The van der Waals surface area contributed by atoms with Crippen molar-refractivity contribution in [1.82, 2.24) is 10.6 Å². The zero-order valence-electron chi connectivity index (χ0n) is 32.1. The number of phosphoric acid groups is 1. The standard InChI is InChI=1S/C35H51N2O18P/c1-20(38)36-29-33(53-23(4)41)32(52-22(3)40)27(19-49-21(2)39)54-34(29)48-15-11-10-14-28(42)37-26-16-25(30(31(26)46-5)55-56(44,45)47-6)18-51-35(43)50-17-24-12-8-7-9-13-24/h7-9,12-13,25-27,29-34H,10-11,14-19H2,1-6H3,(H,36,38)(H,37,42)(H,44,45)/t25-,26-,27-,29-,30?,31-,32+,33-,34-/m1/s1. The fourth-order valence-electron chi connectivity index (χ4n) is 6.27. The van der Waals surface area contributed by atoms with Gasteiger partial charge in [0, 0.05) is 60.9 Å². The van der Waals surface area contributed by atoms with Gasteiger partial charge in [-0.3, -0.25) is 33.0 Å². The van der Waals surface area contributed by atoms with Crippen LogP contribution in [0.3, 0.4) is 0 Å². The van der Waals surface area contributed by atoms with E-state index < -0.39 is 98.5 Å². The van der Waals surface area contributed by atoms with Crippen molar-refractivity contribution >= 4 is 43.7 Å². The van der Waals surface area contributed by atoms with Crippen molar-refractivity contribution in [3.05, 3.63) is 35.9 Å². The van der Waals surface area contributed by atoms with Crippen LogP contribution in [-0.2, 0) is 82.1 Å². The lowest BCUT2D eigenvalue weighted by molar-refractivity contribution is -0.277. The molecule has 10 atom stereocenters. The van der Waals surface area contributed by atoms with Crippen LogP contribution in [0.2, 0.25) is 0 Å². The molecule has 0 aromatic heterocycles. The minimum absolute atomic E-state index is 0.00564. The van der Waals surface area contributed by atoms with E-state index >= 15 is 0 Å². The Bertz CT molecular complexity index is 1530. The van der Waals surface area contributed by atoms with E-state index in [0.29, 0.717) is 12.8 Å². The number of rotatable bonds is 20. The molecule has 0 bridgehead atoms. The van der Waals surface area contributed by atoms with Gasteiger partial charge in [0.1, 0.15) is 44.2 Å². The van der Waals surface area contributed by atoms with Gasteiger partial charge in [0.25, 0.3) is 0 Å². The fraction of sp³-hybridized carbons (Fsp3) is 0.657. The summed E-state index contributed by atoms with van der Waals surface area (Å²) in [7, 11) is -2.21. The molecule has 1 saturated heterocycles. The number of esters is 3. The van der Waals surface area contributed by atoms with E-state index in [0.717, 1.165) is 26.5 Å². The van der Waals surface area contributed by atoms with Gasteiger partial charge in [-0.05, 0) is 24.8 Å². The molecule has 3 rings (SSSR count). The van der Waals surface area contributed by atoms with Crippen LogP contribution < -0.4 is 10.6 Å². The Morgan fingerprint density at radius 3 is 2.11 bits per heavy atom. The number of phosphoric ester groups is 1. The summed E-state index contributed by atoms with van der Waals surface area (Å²) in [6, 6.07) is 7.07. The van der Waals surface area contributed by atoms with Crippen LogP contribution in [0.25, 0.3) is 0 Å². The number of nitrogens with one attached hydrogen (secondary N) is 2. The highest BCUT2D eigenvalue weighted by Gasteiger charge is 2.52. The van der Waals surface area contributed by atoms with Crippen molar-refractivity contribution in [1.29, 1.82) is 0 Å². The highest BCUT2D eigenvalue weighted by Crippen LogP contribution is 2.48. The minimum atomic E-state index is -4.53. The van der Waals surface area contributed by atoms with Crippen LogP contribution in [-0.4, -0.2) is 124 Å². The number of methoxy groups -OCH3 is 1. The highest BCUT2D eigenvalue weighted by atomic mass is 31.2. The lowest BCUT2D eigenvalue weighted by Gasteiger charge is -2.44. The van der Waals surface area contributed by atoms with Crippen LogP contribution in [0, 0.1) is 5.92 Å². The zero-order chi connectivity index (χ0) is 41.4. The molecule has 0 radical (unpaired) electrons. The maximum atomic E-state index is 13.1. The van der Waals surface area contributed by atoms with Crippen LogP contribution >= 0.6 is 7.82 Å². The second-order valence-corrected chi connectivity index (χ2v) is 14.5. The summed E-state index contributed by atoms with van der Waals surface area (Å²) in [5, 5.41) is 5.46. The first kappa shape index (κ1) is 46.2. The topological polar surface area (TPSA) is 256 Å². The summed E-state index contributed by atoms with van der Waals surface area (Å²) in [6.45, 7) is 3.93. The lowest BCUT2D eigenvalue weighted by atomic mass is 9.96. The Morgan fingerprint density at radius 1 is 0.821 bits per heavy atom. The Hall–Kier alpha value is -4.17. The molecule has 3 N–H and O–H groups in total. The van der Waals surface area contributed by atoms with E-state index in [2.05, 4.69) is 15.2 Å². The van der Waals surface area contributed by atoms with Crippen molar-refractivity contribution in [3.63, 3.8) is 0 Å². The first-order valence-electron chi connectivity index (χ1n) is 17.8. The molecule has 56 heavy (non-hydrogen) atoms. The molecule has 0 spiro atoms. The Balaban J connectivity index is 1.60. The number of carbonyl (C=O) groups is 6. The first-order valence-corrected chi connectivity index (χ1v) is 19.3. The molecule has 1 aliphatic heterocycles. The molecule has 314 valence electrons. The Kier molecular flexibility index (Phi) is 18.6. The highest BCUT2D eigenvalue weighted by molar-refractivity contribution is 7.47. The van der Waals surface area contributed by atoms with Gasteiger partial charge in [0.15, 0.2) is 18.5 Å². The van der Waals surface area contributed by atoms with Gasteiger partial charge in [-0.15, -0.1) is 0 Å². The molecule has 1 saturated carbocycles. The summed E-state index contributed by atoms with van der Waals surface area (Å²) in [6.07, 6.45) is -7.23. The summed E-state index contributed by atoms with van der Waals surface area (Å²) in [4.78, 5) is 83.3. The normalized spacial score (nSPS) is 26.9. The van der Waals surface area contributed by atoms with Gasteiger partial charge in [-0.25, -0.2) is 9.36 Å².